The Balaban J connectivity index is 2.32. The first-order valence-corrected chi connectivity index (χ1v) is 4.65. The van der Waals surface area contributed by atoms with Crippen LogP contribution in [0.2, 0.25) is 0 Å². The molecular weight excluding hydrogens is 132 g/mol. The molecule has 0 amide bonds. The Morgan fingerprint density at radius 3 is 2.44 bits per heavy atom. The lowest BCUT2D eigenvalue weighted by Crippen LogP contribution is -2.04. The summed E-state index contributed by atoms with van der Waals surface area (Å²) in [5, 5.41) is 0.396. The highest BCUT2D eigenvalue weighted by atomic mass is 32.2. The van der Waals surface area contributed by atoms with Gasteiger partial charge in [-0.15, -0.1) is 0 Å². The Hall–Kier alpha value is 0.0200. The molecule has 1 rings (SSSR count). The third-order valence-corrected chi connectivity index (χ3v) is 2.63. The van der Waals surface area contributed by atoms with Crippen LogP contribution in [0.3, 0.4) is 0 Å². The highest BCUT2D eigenvalue weighted by Crippen LogP contribution is 2.28. The average Bonchev–Trinajstić information content (AvgIpc) is 2.37. The lowest BCUT2D eigenvalue weighted by atomic mass is 10.1. The maximum atomic E-state index is 11.0. The van der Waals surface area contributed by atoms with Crippen LogP contribution < -0.4 is 0 Å². The van der Waals surface area contributed by atoms with Crippen molar-refractivity contribution in [2.24, 2.45) is 5.92 Å². The van der Waals surface area contributed by atoms with Crippen LogP contribution >= 0.6 is 11.8 Å². The second-order valence-corrected chi connectivity index (χ2v) is 3.32. The van der Waals surface area contributed by atoms with E-state index in [1.54, 1.807) is 0 Å². The van der Waals surface area contributed by atoms with E-state index in [2.05, 4.69) is 0 Å². The van der Waals surface area contributed by atoms with Gasteiger partial charge in [-0.1, -0.05) is 24.6 Å². The van der Waals surface area contributed by atoms with Crippen LogP contribution in [0, 0.1) is 5.92 Å². The molecule has 0 saturated heterocycles. The first-order valence-electron chi connectivity index (χ1n) is 3.42. The van der Waals surface area contributed by atoms with Gasteiger partial charge in [0.2, 0.25) is 0 Å². The van der Waals surface area contributed by atoms with Crippen molar-refractivity contribution in [3.8, 4) is 0 Å². The lowest BCUT2D eigenvalue weighted by molar-refractivity contribution is -0.114. The van der Waals surface area contributed by atoms with E-state index in [4.69, 9.17) is 0 Å². The van der Waals surface area contributed by atoms with Crippen molar-refractivity contribution in [1.29, 1.82) is 0 Å². The van der Waals surface area contributed by atoms with E-state index < -0.39 is 0 Å². The van der Waals surface area contributed by atoms with Crippen molar-refractivity contribution in [3.05, 3.63) is 0 Å². The van der Waals surface area contributed by atoms with E-state index in [9.17, 15) is 4.79 Å². The van der Waals surface area contributed by atoms with Gasteiger partial charge in [-0.2, -0.15) is 0 Å². The minimum atomic E-state index is 0.396. The molecule has 0 aromatic rings. The largest absolute Gasteiger partial charge is 0.287 e. The molecule has 1 saturated carbocycles. The van der Waals surface area contributed by atoms with Crippen LogP contribution in [0.25, 0.3) is 0 Å². The van der Waals surface area contributed by atoms with E-state index in [1.807, 2.05) is 6.26 Å². The number of carbonyl (C=O) groups is 1. The van der Waals surface area contributed by atoms with Gasteiger partial charge in [0.15, 0.2) is 5.12 Å². The fourth-order valence-corrected chi connectivity index (χ4v) is 1.90. The quantitative estimate of drug-likeness (QED) is 0.560. The molecule has 0 N–H and O–H groups in total. The minimum absolute atomic E-state index is 0.396. The number of carbonyl (C=O) groups excluding carboxylic acids is 1. The molecule has 52 valence electrons. The van der Waals surface area contributed by atoms with Crippen molar-refractivity contribution in [2.45, 2.75) is 25.7 Å². The van der Waals surface area contributed by atoms with Gasteiger partial charge < -0.3 is 0 Å². The molecule has 0 unspecified atom stereocenters. The Morgan fingerprint density at radius 2 is 2.00 bits per heavy atom. The van der Waals surface area contributed by atoms with Crippen LogP contribution in [0.4, 0.5) is 0 Å². The zero-order valence-corrected chi connectivity index (χ0v) is 6.54. The average molecular weight is 144 g/mol. The van der Waals surface area contributed by atoms with Gasteiger partial charge in [0.25, 0.3) is 0 Å². The van der Waals surface area contributed by atoms with E-state index in [0.29, 0.717) is 11.0 Å². The molecule has 0 bridgehead atoms. The SMILES string of the molecule is CSC(=O)C1CCCC1. The van der Waals surface area contributed by atoms with Crippen molar-refractivity contribution in [3.63, 3.8) is 0 Å². The Morgan fingerprint density at radius 1 is 1.44 bits per heavy atom. The number of rotatable bonds is 1. The van der Waals surface area contributed by atoms with E-state index in [1.165, 1.54) is 24.6 Å². The summed E-state index contributed by atoms with van der Waals surface area (Å²) in [6, 6.07) is 0. The number of thioether (sulfide) groups is 1. The summed E-state index contributed by atoms with van der Waals surface area (Å²) in [4.78, 5) is 11.0. The number of hydrogen-bond acceptors (Lipinski definition) is 2. The van der Waals surface area contributed by atoms with Gasteiger partial charge in [-0.05, 0) is 19.1 Å². The maximum absolute atomic E-state index is 11.0. The van der Waals surface area contributed by atoms with Gasteiger partial charge in [0, 0.05) is 5.92 Å². The van der Waals surface area contributed by atoms with Crippen molar-refractivity contribution >= 4 is 16.9 Å². The first kappa shape index (κ1) is 7.13. The van der Waals surface area contributed by atoms with Crippen LogP contribution in [0.5, 0.6) is 0 Å². The standard InChI is InChI=1S/C7H12OS/c1-9-7(8)6-4-2-3-5-6/h6H,2-5H2,1H3. The lowest BCUT2D eigenvalue weighted by Gasteiger charge is -2.02. The highest BCUT2D eigenvalue weighted by Gasteiger charge is 2.21. The predicted molar refractivity (Wildman–Crippen MR) is 40.5 cm³/mol. The van der Waals surface area contributed by atoms with Gasteiger partial charge in [-0.3, -0.25) is 4.79 Å². The Bertz CT molecular complexity index is 105. The van der Waals surface area contributed by atoms with Crippen molar-refractivity contribution in [2.75, 3.05) is 6.26 Å². The van der Waals surface area contributed by atoms with Crippen LogP contribution in [-0.2, 0) is 4.79 Å². The molecular formula is C7H12OS. The third kappa shape index (κ3) is 1.71. The van der Waals surface area contributed by atoms with Crippen LogP contribution in [0.1, 0.15) is 25.7 Å². The molecule has 0 aromatic heterocycles. The van der Waals surface area contributed by atoms with E-state index >= 15 is 0 Å². The molecule has 0 aromatic carbocycles. The molecule has 1 aliphatic carbocycles. The van der Waals surface area contributed by atoms with Gasteiger partial charge >= 0.3 is 0 Å². The summed E-state index contributed by atoms with van der Waals surface area (Å²) >= 11 is 1.38. The fraction of sp³-hybridized carbons (Fsp3) is 0.857. The van der Waals surface area contributed by atoms with Crippen LogP contribution in [0.15, 0.2) is 0 Å². The summed E-state index contributed by atoms with van der Waals surface area (Å²) in [5.74, 6) is 0.403. The zero-order valence-electron chi connectivity index (χ0n) is 5.72. The highest BCUT2D eigenvalue weighted by molar-refractivity contribution is 8.13. The second kappa shape index (κ2) is 3.25. The molecule has 0 spiro atoms. The normalized spacial score (nSPS) is 20.6. The maximum Gasteiger partial charge on any atom is 0.191 e. The van der Waals surface area contributed by atoms with Crippen molar-refractivity contribution < 1.29 is 4.79 Å². The molecule has 0 heterocycles. The summed E-state index contributed by atoms with van der Waals surface area (Å²) in [6.07, 6.45) is 6.67. The van der Waals surface area contributed by atoms with Gasteiger partial charge in [0.1, 0.15) is 0 Å². The molecule has 2 heteroatoms. The Labute approximate surface area is 60.2 Å². The number of hydrogen-bond donors (Lipinski definition) is 0. The van der Waals surface area contributed by atoms with Crippen LogP contribution in [-0.4, -0.2) is 11.4 Å². The predicted octanol–water partition coefficient (Wildman–Crippen LogP) is 2.07. The summed E-state index contributed by atoms with van der Waals surface area (Å²) in [7, 11) is 0. The third-order valence-electron chi connectivity index (χ3n) is 1.89. The fourth-order valence-electron chi connectivity index (χ4n) is 1.33. The molecule has 0 radical (unpaired) electrons. The molecule has 1 nitrogen and oxygen atoms in total. The monoisotopic (exact) mass is 144 g/mol. The minimum Gasteiger partial charge on any atom is -0.287 e. The second-order valence-electron chi connectivity index (χ2n) is 2.50. The smallest absolute Gasteiger partial charge is 0.191 e. The molecule has 9 heavy (non-hydrogen) atoms. The van der Waals surface area contributed by atoms with Crippen molar-refractivity contribution in [1.82, 2.24) is 0 Å². The van der Waals surface area contributed by atoms with Gasteiger partial charge in [-0.25, -0.2) is 0 Å². The van der Waals surface area contributed by atoms with E-state index in [0.717, 1.165) is 12.8 Å². The summed E-state index contributed by atoms with van der Waals surface area (Å²) in [6.45, 7) is 0. The summed E-state index contributed by atoms with van der Waals surface area (Å²) < 4.78 is 0. The zero-order chi connectivity index (χ0) is 6.69. The first-order chi connectivity index (χ1) is 4.34. The van der Waals surface area contributed by atoms with E-state index in [-0.39, 0.29) is 0 Å². The van der Waals surface area contributed by atoms with Gasteiger partial charge in [0.05, 0.1) is 0 Å². The molecule has 1 fully saturated rings. The molecule has 1 aliphatic rings. The topological polar surface area (TPSA) is 17.1 Å². The summed E-state index contributed by atoms with van der Waals surface area (Å²) in [5.41, 5.74) is 0. The molecule has 0 atom stereocenters. The Kier molecular flexibility index (Phi) is 2.58. The molecule has 0 aliphatic heterocycles.